The van der Waals surface area contributed by atoms with E-state index in [0.29, 0.717) is 11.3 Å². The molecule has 1 N–H and O–H groups in total. The van der Waals surface area contributed by atoms with E-state index in [-0.39, 0.29) is 34.8 Å². The number of hydrogen-bond acceptors (Lipinski definition) is 5. The van der Waals surface area contributed by atoms with Crippen LogP contribution in [-0.2, 0) is 14.3 Å². The molecule has 0 aromatic heterocycles. The molecule has 2 fully saturated rings. The lowest BCUT2D eigenvalue weighted by Gasteiger charge is -2.36. The molecule has 150 valence electrons. The molecule has 5 nitrogen and oxygen atoms in total. The number of aromatic hydroxyl groups is 1. The minimum atomic E-state index is -0.407. The summed E-state index contributed by atoms with van der Waals surface area (Å²) in [7, 11) is 1.46. The number of phenolic OH excluding ortho intramolecular Hbond substituents is 1. The highest BCUT2D eigenvalue weighted by Crippen LogP contribution is 2.65. The van der Waals surface area contributed by atoms with Gasteiger partial charge in [-0.25, -0.2) is 0 Å². The Bertz CT molecular complexity index is 851. The van der Waals surface area contributed by atoms with Crippen molar-refractivity contribution < 1.29 is 24.2 Å². The van der Waals surface area contributed by atoms with E-state index in [1.165, 1.54) is 25.3 Å². The van der Waals surface area contributed by atoms with Gasteiger partial charge >= 0.3 is 0 Å². The molecule has 0 spiro atoms. The number of ether oxygens (including phenoxy) is 2. The number of methoxy groups -OCH3 is 1. The zero-order valence-electron chi connectivity index (χ0n) is 17.0. The Hall–Kier alpha value is -2.40. The predicted octanol–water partition coefficient (Wildman–Crippen LogP) is 4.24. The van der Waals surface area contributed by atoms with E-state index in [2.05, 4.69) is 20.8 Å². The van der Waals surface area contributed by atoms with Crippen molar-refractivity contribution in [3.63, 3.8) is 0 Å². The predicted molar refractivity (Wildman–Crippen MR) is 107 cm³/mol. The lowest BCUT2D eigenvalue weighted by Crippen LogP contribution is -2.41. The Labute approximate surface area is 166 Å². The second-order valence-corrected chi connectivity index (χ2v) is 8.51. The summed E-state index contributed by atoms with van der Waals surface area (Å²) in [6.07, 6.45) is 9.34. The number of allylic oxidation sites excluding steroid dienone is 2. The van der Waals surface area contributed by atoms with Crippen molar-refractivity contribution in [1.82, 2.24) is 0 Å². The van der Waals surface area contributed by atoms with Crippen molar-refractivity contribution in [3.8, 4) is 11.5 Å². The summed E-state index contributed by atoms with van der Waals surface area (Å²) in [5, 5.41) is 9.60. The van der Waals surface area contributed by atoms with Gasteiger partial charge in [0.05, 0.1) is 19.1 Å². The van der Waals surface area contributed by atoms with Crippen LogP contribution in [0.1, 0.15) is 52.0 Å². The molecule has 0 amide bonds. The summed E-state index contributed by atoms with van der Waals surface area (Å²) in [6.45, 7) is 6.45. The molecule has 0 radical (unpaired) electrons. The summed E-state index contributed by atoms with van der Waals surface area (Å²) in [6, 6.07) is 4.78. The first kappa shape index (κ1) is 20.3. The average Bonchev–Trinajstić information content (AvgIpc) is 3.27. The van der Waals surface area contributed by atoms with Gasteiger partial charge in [-0.2, -0.15) is 0 Å². The molecule has 1 aromatic carbocycles. The van der Waals surface area contributed by atoms with Crippen molar-refractivity contribution in [3.05, 3.63) is 42.0 Å². The first-order valence-electron chi connectivity index (χ1n) is 9.63. The Morgan fingerprint density at radius 3 is 2.57 bits per heavy atom. The number of epoxide rings is 1. The van der Waals surface area contributed by atoms with Crippen LogP contribution in [0.15, 0.2) is 36.4 Å². The highest BCUT2D eigenvalue weighted by atomic mass is 16.6. The molecule has 1 aliphatic carbocycles. The zero-order valence-corrected chi connectivity index (χ0v) is 17.0. The van der Waals surface area contributed by atoms with Gasteiger partial charge in [0, 0.05) is 5.41 Å². The Kier molecular flexibility index (Phi) is 5.24. The third-order valence-electron chi connectivity index (χ3n) is 6.11. The smallest absolute Gasteiger partial charge is 0.163 e. The van der Waals surface area contributed by atoms with E-state index in [4.69, 9.17) is 9.47 Å². The highest BCUT2D eigenvalue weighted by Gasteiger charge is 2.73. The average molecular weight is 384 g/mol. The Morgan fingerprint density at radius 1 is 1.18 bits per heavy atom. The van der Waals surface area contributed by atoms with Gasteiger partial charge in [0.2, 0.25) is 0 Å². The maximum absolute atomic E-state index is 12.3. The van der Waals surface area contributed by atoms with Crippen molar-refractivity contribution >= 4 is 17.6 Å². The Morgan fingerprint density at radius 2 is 1.89 bits per heavy atom. The van der Waals surface area contributed by atoms with E-state index >= 15 is 0 Å². The van der Waals surface area contributed by atoms with Gasteiger partial charge in [-0.3, -0.25) is 9.59 Å². The highest BCUT2D eigenvalue weighted by molar-refractivity contribution is 6.09. The van der Waals surface area contributed by atoms with E-state index in [9.17, 15) is 14.7 Å². The van der Waals surface area contributed by atoms with Crippen LogP contribution in [0.3, 0.4) is 0 Å². The molecular weight excluding hydrogens is 356 g/mol. The maximum Gasteiger partial charge on any atom is 0.163 e. The monoisotopic (exact) mass is 384 g/mol. The molecule has 0 bridgehead atoms. The van der Waals surface area contributed by atoms with Gasteiger partial charge < -0.3 is 14.6 Å². The summed E-state index contributed by atoms with van der Waals surface area (Å²) in [5.74, 6) is -0.144. The van der Waals surface area contributed by atoms with Crippen molar-refractivity contribution in [1.29, 1.82) is 0 Å². The van der Waals surface area contributed by atoms with Gasteiger partial charge in [-0.1, -0.05) is 26.0 Å². The third-order valence-corrected chi connectivity index (χ3v) is 6.11. The molecule has 3 rings (SSSR count). The fourth-order valence-corrected chi connectivity index (χ4v) is 4.40. The molecule has 1 saturated heterocycles. The maximum atomic E-state index is 12.3. The zero-order chi connectivity index (χ0) is 20.6. The third kappa shape index (κ3) is 3.63. The molecule has 1 saturated carbocycles. The normalized spacial score (nSPS) is 28.3. The quantitative estimate of drug-likeness (QED) is 0.432. The van der Waals surface area contributed by atoms with E-state index < -0.39 is 5.60 Å². The molecule has 28 heavy (non-hydrogen) atoms. The van der Waals surface area contributed by atoms with E-state index in [0.717, 1.165) is 19.3 Å². The van der Waals surface area contributed by atoms with Gasteiger partial charge in [0.1, 0.15) is 5.60 Å². The van der Waals surface area contributed by atoms with Gasteiger partial charge in [-0.05, 0) is 62.1 Å². The van der Waals surface area contributed by atoms with Gasteiger partial charge in [0.15, 0.2) is 23.1 Å². The summed E-state index contributed by atoms with van der Waals surface area (Å²) in [4.78, 5) is 24.4. The van der Waals surface area contributed by atoms with Gasteiger partial charge in [0.25, 0.3) is 0 Å². The van der Waals surface area contributed by atoms with Crippen LogP contribution >= 0.6 is 0 Å². The number of phenols is 1. The van der Waals surface area contributed by atoms with Gasteiger partial charge in [-0.15, -0.1) is 0 Å². The van der Waals surface area contributed by atoms with E-state index in [1.807, 2.05) is 6.08 Å². The number of fused-ring (bicyclic) bond motifs is 1. The van der Waals surface area contributed by atoms with Crippen molar-refractivity contribution in [2.24, 2.45) is 5.41 Å². The molecule has 1 aliphatic heterocycles. The number of hydrogen-bond donors (Lipinski definition) is 1. The second kappa shape index (κ2) is 7.21. The van der Waals surface area contributed by atoms with Crippen LogP contribution in [0.4, 0.5) is 0 Å². The molecular formula is C23H28O5. The number of carbonyl (C=O) groups excluding carboxylic acids is 2. The Balaban J connectivity index is 1.61. The molecule has 2 aliphatic rings. The van der Waals surface area contributed by atoms with Crippen LogP contribution in [0.25, 0.3) is 6.08 Å². The summed E-state index contributed by atoms with van der Waals surface area (Å²) < 4.78 is 11.1. The number of benzene rings is 1. The SMILES string of the molecule is COc1cc(/C=C/C(=O)CC(=O)C=CC23OC2(C)CCCC3(C)C)ccc1O. The van der Waals surface area contributed by atoms with E-state index in [1.54, 1.807) is 18.2 Å². The fraction of sp³-hybridized carbons (Fsp3) is 0.478. The lowest BCUT2D eigenvalue weighted by molar-refractivity contribution is -0.121. The standard InChI is InChI=1S/C23H28O5/c1-21(2)11-5-12-22(3)23(21,28-22)13-10-18(25)15-17(24)8-6-16-7-9-19(26)20(14-16)27-4/h6-10,13-14,26H,5,11-12,15H2,1-4H3/b8-6+,13-10?. The molecule has 2 unspecified atom stereocenters. The molecule has 1 aromatic rings. The molecule has 1 heterocycles. The number of rotatable bonds is 7. The first-order chi connectivity index (χ1) is 13.1. The fourth-order valence-electron chi connectivity index (χ4n) is 4.40. The lowest BCUT2D eigenvalue weighted by atomic mass is 9.64. The summed E-state index contributed by atoms with van der Waals surface area (Å²) >= 11 is 0. The second-order valence-electron chi connectivity index (χ2n) is 8.51. The number of carbonyl (C=O) groups is 2. The van der Waals surface area contributed by atoms with Crippen molar-refractivity contribution in [2.75, 3.05) is 7.11 Å². The minimum Gasteiger partial charge on any atom is -0.504 e. The number of ketones is 2. The first-order valence-corrected chi connectivity index (χ1v) is 9.63. The largest absolute Gasteiger partial charge is 0.504 e. The van der Waals surface area contributed by atoms with Crippen molar-refractivity contribution in [2.45, 2.75) is 57.7 Å². The van der Waals surface area contributed by atoms with Crippen LogP contribution in [0.2, 0.25) is 0 Å². The minimum absolute atomic E-state index is 0.0292. The summed E-state index contributed by atoms with van der Waals surface area (Å²) in [5.41, 5.74) is 0.0671. The van der Waals surface area contributed by atoms with Crippen LogP contribution in [0, 0.1) is 5.41 Å². The van der Waals surface area contributed by atoms with Crippen LogP contribution in [0.5, 0.6) is 11.5 Å². The molecule has 5 heteroatoms. The van der Waals surface area contributed by atoms with Crippen LogP contribution < -0.4 is 4.74 Å². The molecule has 2 atom stereocenters. The van der Waals surface area contributed by atoms with Crippen LogP contribution in [-0.4, -0.2) is 35.0 Å². The topological polar surface area (TPSA) is 76.1 Å².